The highest BCUT2D eigenvalue weighted by atomic mass is 14.9. The Morgan fingerprint density at radius 3 is 1.94 bits per heavy atom. The van der Waals surface area contributed by atoms with Crippen molar-refractivity contribution in [3.05, 3.63) is 0 Å². The zero-order valence-corrected chi connectivity index (χ0v) is 12.2. The van der Waals surface area contributed by atoms with Crippen molar-refractivity contribution in [3.63, 3.8) is 0 Å². The molecule has 0 radical (unpaired) electrons. The lowest BCUT2D eigenvalue weighted by atomic mass is 9.88. The first-order chi connectivity index (χ1) is 7.63. The third kappa shape index (κ3) is 8.15. The standard InChI is InChI=1S/C15H33N/c1-6-9-15(10-14(7-2)8-3)12-16-11-13(4)5/h13-16H,6-12H2,1-5H3. The Hall–Kier alpha value is -0.0400. The van der Waals surface area contributed by atoms with Gasteiger partial charge in [0.05, 0.1) is 0 Å². The topological polar surface area (TPSA) is 12.0 Å². The molecule has 0 saturated carbocycles. The minimum absolute atomic E-state index is 0.774. The molecule has 1 heteroatoms. The number of rotatable bonds is 10. The molecule has 16 heavy (non-hydrogen) atoms. The SMILES string of the molecule is CCCC(CNCC(C)C)CC(CC)CC. The molecule has 0 aromatic carbocycles. The molecule has 0 aromatic rings. The summed E-state index contributed by atoms with van der Waals surface area (Å²) in [5, 5.41) is 3.62. The van der Waals surface area contributed by atoms with E-state index in [2.05, 4.69) is 39.9 Å². The first-order valence-electron chi connectivity index (χ1n) is 7.34. The summed E-state index contributed by atoms with van der Waals surface area (Å²) in [5.74, 6) is 2.61. The number of hydrogen-bond acceptors (Lipinski definition) is 1. The lowest BCUT2D eigenvalue weighted by Crippen LogP contribution is -2.27. The van der Waals surface area contributed by atoms with Gasteiger partial charge in [-0.15, -0.1) is 0 Å². The maximum absolute atomic E-state index is 3.62. The minimum Gasteiger partial charge on any atom is -0.316 e. The first kappa shape index (κ1) is 16.0. The van der Waals surface area contributed by atoms with Gasteiger partial charge in [0.2, 0.25) is 0 Å². The van der Waals surface area contributed by atoms with E-state index in [0.717, 1.165) is 17.8 Å². The highest BCUT2D eigenvalue weighted by Gasteiger charge is 2.13. The molecule has 1 atom stereocenters. The fourth-order valence-electron chi connectivity index (χ4n) is 2.38. The number of hydrogen-bond donors (Lipinski definition) is 1. The average molecular weight is 227 g/mol. The Morgan fingerprint density at radius 2 is 1.50 bits per heavy atom. The Balaban J connectivity index is 3.86. The Bertz CT molecular complexity index is 138. The van der Waals surface area contributed by atoms with Crippen molar-refractivity contribution < 1.29 is 0 Å². The van der Waals surface area contributed by atoms with Crippen LogP contribution in [-0.2, 0) is 0 Å². The van der Waals surface area contributed by atoms with Gasteiger partial charge >= 0.3 is 0 Å². The Kier molecular flexibility index (Phi) is 10.1. The highest BCUT2D eigenvalue weighted by molar-refractivity contribution is 4.67. The van der Waals surface area contributed by atoms with Crippen molar-refractivity contribution in [2.24, 2.45) is 17.8 Å². The van der Waals surface area contributed by atoms with Gasteiger partial charge in [-0.1, -0.05) is 53.9 Å². The van der Waals surface area contributed by atoms with Crippen LogP contribution in [0.5, 0.6) is 0 Å². The van der Waals surface area contributed by atoms with Gasteiger partial charge in [-0.3, -0.25) is 0 Å². The Labute approximate surface area is 103 Å². The summed E-state index contributed by atoms with van der Waals surface area (Å²) in [5.41, 5.74) is 0. The molecule has 0 amide bonds. The molecule has 0 bridgehead atoms. The van der Waals surface area contributed by atoms with Gasteiger partial charge in [0.1, 0.15) is 0 Å². The quantitative estimate of drug-likeness (QED) is 0.580. The van der Waals surface area contributed by atoms with E-state index in [0.29, 0.717) is 0 Å². The van der Waals surface area contributed by atoms with Crippen molar-refractivity contribution in [2.75, 3.05) is 13.1 Å². The van der Waals surface area contributed by atoms with Gasteiger partial charge in [-0.05, 0) is 43.7 Å². The molecule has 0 aliphatic carbocycles. The van der Waals surface area contributed by atoms with Gasteiger partial charge in [-0.2, -0.15) is 0 Å². The second-order valence-corrected chi connectivity index (χ2v) is 5.63. The molecule has 0 fully saturated rings. The van der Waals surface area contributed by atoms with E-state index >= 15 is 0 Å². The van der Waals surface area contributed by atoms with Gasteiger partial charge in [0.25, 0.3) is 0 Å². The fraction of sp³-hybridized carbons (Fsp3) is 1.00. The summed E-state index contributed by atoms with van der Waals surface area (Å²) in [6.45, 7) is 13.9. The largest absolute Gasteiger partial charge is 0.316 e. The van der Waals surface area contributed by atoms with E-state index in [9.17, 15) is 0 Å². The molecule has 0 aliphatic heterocycles. The minimum atomic E-state index is 0.774. The van der Waals surface area contributed by atoms with Gasteiger partial charge in [0, 0.05) is 0 Å². The van der Waals surface area contributed by atoms with Crippen molar-refractivity contribution >= 4 is 0 Å². The van der Waals surface area contributed by atoms with E-state index in [4.69, 9.17) is 0 Å². The zero-order chi connectivity index (χ0) is 12.4. The van der Waals surface area contributed by atoms with Crippen LogP contribution in [0.3, 0.4) is 0 Å². The second kappa shape index (κ2) is 10.1. The van der Waals surface area contributed by atoms with Crippen LogP contribution in [0, 0.1) is 17.8 Å². The highest BCUT2D eigenvalue weighted by Crippen LogP contribution is 2.21. The van der Waals surface area contributed by atoms with Crippen LogP contribution in [0.25, 0.3) is 0 Å². The zero-order valence-electron chi connectivity index (χ0n) is 12.2. The molecule has 98 valence electrons. The first-order valence-corrected chi connectivity index (χ1v) is 7.34. The second-order valence-electron chi connectivity index (χ2n) is 5.63. The molecule has 1 unspecified atom stereocenters. The molecule has 0 saturated heterocycles. The van der Waals surface area contributed by atoms with E-state index in [1.807, 2.05) is 0 Å². The third-order valence-electron chi connectivity index (χ3n) is 3.50. The average Bonchev–Trinajstić information content (AvgIpc) is 2.25. The molecule has 0 spiro atoms. The number of nitrogens with one attached hydrogen (secondary N) is 1. The molecular weight excluding hydrogens is 194 g/mol. The summed E-state index contributed by atoms with van der Waals surface area (Å²) < 4.78 is 0. The molecule has 1 nitrogen and oxygen atoms in total. The van der Waals surface area contributed by atoms with Crippen molar-refractivity contribution in [1.82, 2.24) is 5.32 Å². The van der Waals surface area contributed by atoms with Gasteiger partial charge in [0.15, 0.2) is 0 Å². The lowest BCUT2D eigenvalue weighted by Gasteiger charge is -2.22. The van der Waals surface area contributed by atoms with E-state index in [-0.39, 0.29) is 0 Å². The van der Waals surface area contributed by atoms with E-state index in [1.165, 1.54) is 45.2 Å². The molecule has 0 aromatic heterocycles. The summed E-state index contributed by atoms with van der Waals surface area (Å²) >= 11 is 0. The van der Waals surface area contributed by atoms with E-state index in [1.54, 1.807) is 0 Å². The Morgan fingerprint density at radius 1 is 0.875 bits per heavy atom. The van der Waals surface area contributed by atoms with Crippen LogP contribution in [0.2, 0.25) is 0 Å². The summed E-state index contributed by atoms with van der Waals surface area (Å²) in [7, 11) is 0. The molecule has 0 aliphatic rings. The van der Waals surface area contributed by atoms with Crippen LogP contribution in [0.4, 0.5) is 0 Å². The van der Waals surface area contributed by atoms with Crippen LogP contribution in [0.15, 0.2) is 0 Å². The van der Waals surface area contributed by atoms with Crippen molar-refractivity contribution in [2.45, 2.75) is 66.7 Å². The maximum Gasteiger partial charge on any atom is -0.00203 e. The summed E-state index contributed by atoms with van der Waals surface area (Å²) in [6, 6.07) is 0. The van der Waals surface area contributed by atoms with Crippen molar-refractivity contribution in [3.8, 4) is 0 Å². The molecule has 1 N–H and O–H groups in total. The predicted octanol–water partition coefficient (Wildman–Crippen LogP) is 4.47. The van der Waals surface area contributed by atoms with Crippen LogP contribution < -0.4 is 5.32 Å². The van der Waals surface area contributed by atoms with Crippen LogP contribution in [-0.4, -0.2) is 13.1 Å². The summed E-state index contributed by atoms with van der Waals surface area (Å²) in [4.78, 5) is 0. The van der Waals surface area contributed by atoms with E-state index < -0.39 is 0 Å². The molecule has 0 rings (SSSR count). The predicted molar refractivity (Wildman–Crippen MR) is 74.8 cm³/mol. The van der Waals surface area contributed by atoms with Crippen LogP contribution in [0.1, 0.15) is 66.7 Å². The lowest BCUT2D eigenvalue weighted by molar-refractivity contribution is 0.319. The fourth-order valence-corrected chi connectivity index (χ4v) is 2.38. The summed E-state index contributed by atoms with van der Waals surface area (Å²) in [6.07, 6.45) is 6.84. The van der Waals surface area contributed by atoms with Crippen molar-refractivity contribution in [1.29, 1.82) is 0 Å². The molecular formula is C15H33N. The van der Waals surface area contributed by atoms with Crippen LogP contribution >= 0.6 is 0 Å². The normalized spacial score (nSPS) is 13.7. The molecule has 0 heterocycles. The monoisotopic (exact) mass is 227 g/mol. The van der Waals surface area contributed by atoms with Gasteiger partial charge < -0.3 is 5.32 Å². The van der Waals surface area contributed by atoms with Gasteiger partial charge in [-0.25, -0.2) is 0 Å². The third-order valence-corrected chi connectivity index (χ3v) is 3.50. The smallest absolute Gasteiger partial charge is 0.00203 e. The maximum atomic E-state index is 3.62.